The lowest BCUT2D eigenvalue weighted by Crippen LogP contribution is -2.38. The highest BCUT2D eigenvalue weighted by molar-refractivity contribution is 5.92. The van der Waals surface area contributed by atoms with Crippen LogP contribution in [0.15, 0.2) is 12.5 Å². The number of imidazole rings is 1. The predicted molar refractivity (Wildman–Crippen MR) is 61.6 cm³/mol. The average Bonchev–Trinajstić information content (AvgIpc) is 2.75. The fraction of sp³-hybridized carbons (Fsp3) is 0.545. The Morgan fingerprint density at radius 3 is 2.71 bits per heavy atom. The van der Waals surface area contributed by atoms with Gasteiger partial charge in [0.2, 0.25) is 0 Å². The number of H-pyrrole nitrogens is 1. The third-order valence-corrected chi connectivity index (χ3v) is 2.40. The summed E-state index contributed by atoms with van der Waals surface area (Å²) in [5.74, 6) is -0.995. The van der Waals surface area contributed by atoms with Crippen molar-refractivity contribution < 1.29 is 14.7 Å². The molecule has 1 aromatic rings. The van der Waals surface area contributed by atoms with Gasteiger partial charge in [-0.15, -0.1) is 0 Å². The molecule has 94 valence electrons. The molecule has 0 unspecified atom stereocenters. The Kier molecular flexibility index (Phi) is 4.68. The van der Waals surface area contributed by atoms with E-state index in [1.165, 1.54) is 12.5 Å². The van der Waals surface area contributed by atoms with Crippen molar-refractivity contribution in [2.75, 3.05) is 6.54 Å². The van der Waals surface area contributed by atoms with Crippen LogP contribution in [0.25, 0.3) is 0 Å². The third kappa shape index (κ3) is 3.90. The summed E-state index contributed by atoms with van der Waals surface area (Å²) in [6.45, 7) is 4.23. The summed E-state index contributed by atoms with van der Waals surface area (Å²) in [7, 11) is 0. The maximum Gasteiger partial charge on any atom is 0.303 e. The predicted octanol–water partition coefficient (Wildman–Crippen LogP) is 1.13. The molecule has 6 heteroatoms. The second kappa shape index (κ2) is 6.03. The number of amides is 1. The molecule has 0 saturated heterocycles. The fourth-order valence-electron chi connectivity index (χ4n) is 1.52. The van der Waals surface area contributed by atoms with E-state index in [9.17, 15) is 9.59 Å². The average molecular weight is 239 g/mol. The van der Waals surface area contributed by atoms with E-state index in [2.05, 4.69) is 9.97 Å². The molecule has 1 rings (SSSR count). The summed E-state index contributed by atoms with van der Waals surface area (Å²) in [5.41, 5.74) is 0.425. The lowest BCUT2D eigenvalue weighted by molar-refractivity contribution is -0.137. The minimum Gasteiger partial charge on any atom is -0.481 e. The van der Waals surface area contributed by atoms with E-state index >= 15 is 0 Å². The molecule has 1 amide bonds. The number of hydrogen-bond acceptors (Lipinski definition) is 3. The summed E-state index contributed by atoms with van der Waals surface area (Å²) in [5, 5.41) is 8.57. The first-order valence-corrected chi connectivity index (χ1v) is 5.53. The second-order valence-electron chi connectivity index (χ2n) is 4.05. The number of carbonyl (C=O) groups excluding carboxylic acids is 1. The van der Waals surface area contributed by atoms with Gasteiger partial charge in [0.15, 0.2) is 0 Å². The summed E-state index contributed by atoms with van der Waals surface area (Å²) < 4.78 is 0. The molecular weight excluding hydrogens is 222 g/mol. The van der Waals surface area contributed by atoms with Gasteiger partial charge in [0, 0.05) is 19.0 Å². The largest absolute Gasteiger partial charge is 0.481 e. The van der Waals surface area contributed by atoms with E-state index in [0.29, 0.717) is 18.7 Å². The number of carbonyl (C=O) groups is 2. The van der Waals surface area contributed by atoms with Crippen LogP contribution in [0.2, 0.25) is 0 Å². The molecule has 17 heavy (non-hydrogen) atoms. The minimum absolute atomic E-state index is 0.0274. The number of carboxylic acids is 1. The van der Waals surface area contributed by atoms with Crippen LogP contribution in [0.3, 0.4) is 0 Å². The molecule has 1 aromatic heterocycles. The molecule has 0 spiro atoms. The lowest BCUT2D eigenvalue weighted by Gasteiger charge is -2.25. The third-order valence-electron chi connectivity index (χ3n) is 2.40. The van der Waals surface area contributed by atoms with Crippen molar-refractivity contribution in [3.63, 3.8) is 0 Å². The number of aromatic amines is 1. The van der Waals surface area contributed by atoms with Gasteiger partial charge >= 0.3 is 5.97 Å². The minimum atomic E-state index is -0.845. The van der Waals surface area contributed by atoms with Crippen molar-refractivity contribution in [3.05, 3.63) is 18.2 Å². The smallest absolute Gasteiger partial charge is 0.303 e. The SMILES string of the molecule is CC(C)N(CCCC(=O)O)C(=O)c1cnc[nH]1. The molecule has 1 heterocycles. The molecular formula is C11H17N3O3. The first-order chi connectivity index (χ1) is 8.02. The topological polar surface area (TPSA) is 86.3 Å². The van der Waals surface area contributed by atoms with E-state index in [0.717, 1.165) is 0 Å². The van der Waals surface area contributed by atoms with Crippen LogP contribution in [-0.2, 0) is 4.79 Å². The lowest BCUT2D eigenvalue weighted by atomic mass is 10.2. The van der Waals surface area contributed by atoms with E-state index in [-0.39, 0.29) is 18.4 Å². The standard InChI is InChI=1S/C11H17N3O3/c1-8(2)14(5-3-4-10(15)16)11(17)9-6-12-7-13-9/h6-8H,3-5H2,1-2H3,(H,12,13)(H,15,16). The van der Waals surface area contributed by atoms with E-state index < -0.39 is 5.97 Å². The highest BCUT2D eigenvalue weighted by atomic mass is 16.4. The van der Waals surface area contributed by atoms with Gasteiger partial charge in [0.05, 0.1) is 12.5 Å². The molecule has 0 aliphatic rings. The molecule has 0 saturated carbocycles. The van der Waals surface area contributed by atoms with Crippen molar-refractivity contribution in [3.8, 4) is 0 Å². The molecule has 6 nitrogen and oxygen atoms in total. The molecule has 0 fully saturated rings. The van der Waals surface area contributed by atoms with Gasteiger partial charge < -0.3 is 15.0 Å². The maximum atomic E-state index is 12.0. The van der Waals surface area contributed by atoms with Gasteiger partial charge in [-0.2, -0.15) is 0 Å². The van der Waals surface area contributed by atoms with E-state index in [1.54, 1.807) is 4.90 Å². The van der Waals surface area contributed by atoms with Gasteiger partial charge in [-0.05, 0) is 20.3 Å². The number of nitrogens with one attached hydrogen (secondary N) is 1. The molecule has 0 bridgehead atoms. The first kappa shape index (κ1) is 13.2. The van der Waals surface area contributed by atoms with Crippen LogP contribution in [-0.4, -0.2) is 44.4 Å². The van der Waals surface area contributed by atoms with Gasteiger partial charge in [0.25, 0.3) is 5.91 Å². The molecule has 0 atom stereocenters. The summed E-state index contributed by atoms with van der Waals surface area (Å²) in [6, 6.07) is 0.0274. The summed E-state index contributed by atoms with van der Waals surface area (Å²) in [4.78, 5) is 30.6. The summed E-state index contributed by atoms with van der Waals surface area (Å²) in [6.07, 6.45) is 3.44. The van der Waals surface area contributed by atoms with Crippen molar-refractivity contribution in [1.29, 1.82) is 0 Å². The Hall–Kier alpha value is -1.85. The van der Waals surface area contributed by atoms with Crippen LogP contribution >= 0.6 is 0 Å². The highest BCUT2D eigenvalue weighted by Gasteiger charge is 2.19. The highest BCUT2D eigenvalue weighted by Crippen LogP contribution is 2.07. The van der Waals surface area contributed by atoms with Crippen molar-refractivity contribution >= 4 is 11.9 Å². The van der Waals surface area contributed by atoms with Crippen molar-refractivity contribution in [2.24, 2.45) is 0 Å². The number of aliphatic carboxylic acids is 1. The van der Waals surface area contributed by atoms with Gasteiger partial charge in [-0.3, -0.25) is 9.59 Å². The Balaban J connectivity index is 2.60. The number of nitrogens with zero attached hydrogens (tertiary/aromatic N) is 2. The van der Waals surface area contributed by atoms with Gasteiger partial charge in [-0.1, -0.05) is 0 Å². The van der Waals surface area contributed by atoms with Crippen molar-refractivity contribution in [1.82, 2.24) is 14.9 Å². The Morgan fingerprint density at radius 2 is 2.24 bits per heavy atom. The zero-order chi connectivity index (χ0) is 12.8. The zero-order valence-electron chi connectivity index (χ0n) is 10.0. The molecule has 0 aliphatic carbocycles. The Morgan fingerprint density at radius 1 is 1.53 bits per heavy atom. The fourth-order valence-corrected chi connectivity index (χ4v) is 1.52. The van der Waals surface area contributed by atoms with Crippen LogP contribution in [0, 0.1) is 0 Å². The Bertz CT molecular complexity index is 373. The monoisotopic (exact) mass is 239 g/mol. The van der Waals surface area contributed by atoms with Crippen LogP contribution in [0.1, 0.15) is 37.2 Å². The normalized spacial score (nSPS) is 10.5. The first-order valence-electron chi connectivity index (χ1n) is 5.53. The van der Waals surface area contributed by atoms with Gasteiger partial charge in [0.1, 0.15) is 5.69 Å². The van der Waals surface area contributed by atoms with E-state index in [4.69, 9.17) is 5.11 Å². The number of rotatable bonds is 6. The molecule has 2 N–H and O–H groups in total. The zero-order valence-corrected chi connectivity index (χ0v) is 10.0. The molecule has 0 aromatic carbocycles. The van der Waals surface area contributed by atoms with E-state index in [1.807, 2.05) is 13.8 Å². The maximum absolute atomic E-state index is 12.0. The summed E-state index contributed by atoms with van der Waals surface area (Å²) >= 11 is 0. The van der Waals surface area contributed by atoms with Crippen LogP contribution in [0.5, 0.6) is 0 Å². The van der Waals surface area contributed by atoms with Crippen LogP contribution in [0.4, 0.5) is 0 Å². The molecule has 0 aliphatic heterocycles. The number of aromatic nitrogens is 2. The number of hydrogen-bond donors (Lipinski definition) is 2. The second-order valence-corrected chi connectivity index (χ2v) is 4.05. The van der Waals surface area contributed by atoms with Gasteiger partial charge in [-0.25, -0.2) is 4.98 Å². The van der Waals surface area contributed by atoms with Crippen molar-refractivity contribution in [2.45, 2.75) is 32.7 Å². The Labute approximate surface area is 99.7 Å². The quantitative estimate of drug-likeness (QED) is 0.779. The van der Waals surface area contributed by atoms with Crippen LogP contribution < -0.4 is 0 Å². The molecule has 0 radical (unpaired) electrons. The number of carboxylic acid groups (broad SMARTS) is 1.